The Bertz CT molecular complexity index is 1910. The van der Waals surface area contributed by atoms with Gasteiger partial charge in [-0.2, -0.15) is 0 Å². The Morgan fingerprint density at radius 3 is 2.10 bits per heavy atom. The van der Waals surface area contributed by atoms with E-state index < -0.39 is 86.1 Å². The van der Waals surface area contributed by atoms with Crippen LogP contribution in [0.15, 0.2) is 39.4 Å². The van der Waals surface area contributed by atoms with Crippen molar-refractivity contribution in [1.29, 1.82) is 0 Å². The number of anilines is 1. The highest BCUT2D eigenvalue weighted by molar-refractivity contribution is 6.58. The van der Waals surface area contributed by atoms with Gasteiger partial charge in [0.2, 0.25) is 5.82 Å². The van der Waals surface area contributed by atoms with Gasteiger partial charge in [0.25, 0.3) is 11.8 Å². The number of rotatable bonds is 2. The van der Waals surface area contributed by atoms with Crippen molar-refractivity contribution in [3.8, 4) is 5.75 Å². The summed E-state index contributed by atoms with van der Waals surface area (Å²) in [4.78, 5) is 48.3. The van der Waals surface area contributed by atoms with Crippen molar-refractivity contribution >= 4 is 40.7 Å². The maximum Gasteiger partial charge on any atom is 0.347 e. The number of fused-ring (bicyclic) bond motifs is 4. The Labute approximate surface area is 241 Å². The van der Waals surface area contributed by atoms with Crippen molar-refractivity contribution in [2.75, 3.05) is 4.90 Å². The molecule has 1 N–H and O–H groups in total. The number of halogens is 7. The van der Waals surface area contributed by atoms with Crippen LogP contribution in [0.3, 0.4) is 0 Å². The number of benzene rings is 2. The van der Waals surface area contributed by atoms with Gasteiger partial charge in [-0.15, -0.1) is 23.2 Å². The minimum atomic E-state index is -2.64. The number of imide groups is 1. The molecule has 1 aromatic heterocycles. The molecule has 4 atom stereocenters. The molecule has 0 bridgehead atoms. The van der Waals surface area contributed by atoms with E-state index >= 15 is 0 Å². The van der Waals surface area contributed by atoms with E-state index in [0.29, 0.717) is 0 Å². The molecule has 42 heavy (non-hydrogen) atoms. The summed E-state index contributed by atoms with van der Waals surface area (Å²) in [5.41, 5.74) is -2.71. The van der Waals surface area contributed by atoms with Crippen molar-refractivity contribution in [2.24, 2.45) is 7.05 Å². The molecule has 1 aliphatic carbocycles. The van der Waals surface area contributed by atoms with Crippen LogP contribution >= 0.6 is 23.2 Å². The van der Waals surface area contributed by atoms with Crippen LogP contribution in [0.1, 0.15) is 29.5 Å². The van der Waals surface area contributed by atoms with Crippen molar-refractivity contribution < 1.29 is 36.6 Å². The van der Waals surface area contributed by atoms with E-state index in [0.717, 1.165) is 13.9 Å². The summed E-state index contributed by atoms with van der Waals surface area (Å²) in [6, 6.07) is 2.78. The molecule has 220 valence electrons. The molecule has 6 rings (SSSR count). The maximum absolute atomic E-state index is 15.0. The molecule has 4 unspecified atom stereocenters. The summed E-state index contributed by atoms with van der Waals surface area (Å²) in [6.45, 7) is 1.32. The lowest BCUT2D eigenvalue weighted by Crippen LogP contribution is -2.59. The van der Waals surface area contributed by atoms with Gasteiger partial charge in [0.05, 0.1) is 12.6 Å². The predicted octanol–water partition coefficient (Wildman–Crippen LogP) is 3.26. The third-order valence-electron chi connectivity index (χ3n) is 8.23. The first kappa shape index (κ1) is 28.2. The smallest absolute Gasteiger partial charge is 0.347 e. The normalized spacial score (nSPS) is 26.7. The summed E-state index contributed by atoms with van der Waals surface area (Å²) >= 11 is 13.9. The lowest BCUT2D eigenvalue weighted by Gasteiger charge is -2.49. The molecule has 2 amide bonds. The fourth-order valence-electron chi connectivity index (χ4n) is 6.17. The number of carbonyl (C=O) groups is 2. The minimum absolute atomic E-state index is 0.158. The van der Waals surface area contributed by atoms with Crippen LogP contribution in [0.4, 0.5) is 27.6 Å². The summed E-state index contributed by atoms with van der Waals surface area (Å²) in [5, 5.41) is 10.1. The molecule has 3 aliphatic rings. The first-order chi connectivity index (χ1) is 19.6. The van der Waals surface area contributed by atoms with Gasteiger partial charge in [0, 0.05) is 19.4 Å². The summed E-state index contributed by atoms with van der Waals surface area (Å²) < 4.78 is 75.0. The van der Waals surface area contributed by atoms with Crippen molar-refractivity contribution in [3.05, 3.63) is 91.0 Å². The topological polar surface area (TPSA) is 107 Å². The number of amides is 2. The molecule has 16 heteroatoms. The van der Waals surface area contributed by atoms with E-state index in [1.54, 1.807) is 0 Å². The molecule has 0 radical (unpaired) electrons. The molecule has 3 aromatic rings. The highest BCUT2D eigenvalue weighted by Crippen LogP contribution is 2.64. The highest BCUT2D eigenvalue weighted by Gasteiger charge is 2.76. The zero-order valence-corrected chi connectivity index (χ0v) is 22.9. The quantitative estimate of drug-likeness (QED) is 0.117. The Hall–Kier alpha value is -3.91. The average molecular weight is 631 g/mol. The number of phenolic OH excluding ortho intramolecular Hbond substituents is 1. The molecule has 0 spiro atoms. The van der Waals surface area contributed by atoms with Gasteiger partial charge in [-0.1, -0.05) is 18.2 Å². The summed E-state index contributed by atoms with van der Waals surface area (Å²) in [7, 11) is 1.21. The van der Waals surface area contributed by atoms with Gasteiger partial charge >= 0.3 is 11.4 Å². The molecule has 2 fully saturated rings. The number of hydrogen-bond acceptors (Lipinski definition) is 5. The van der Waals surface area contributed by atoms with Gasteiger partial charge in [0.15, 0.2) is 33.0 Å². The Morgan fingerprint density at radius 2 is 1.50 bits per heavy atom. The molecule has 2 aromatic carbocycles. The summed E-state index contributed by atoms with van der Waals surface area (Å²) in [5.74, 6) is -17.0. The van der Waals surface area contributed by atoms with E-state index in [2.05, 4.69) is 0 Å². The number of aryl methyl sites for hydroxylation is 1. The third-order valence-corrected chi connectivity index (χ3v) is 9.65. The van der Waals surface area contributed by atoms with Crippen LogP contribution in [-0.2, 0) is 23.2 Å². The molecular formula is C26H17Cl2F5N4O5. The average Bonchev–Trinajstić information content (AvgIpc) is 3.26. The third kappa shape index (κ3) is 3.19. The zero-order valence-electron chi connectivity index (χ0n) is 21.4. The van der Waals surface area contributed by atoms with E-state index in [1.807, 2.05) is 0 Å². The van der Waals surface area contributed by atoms with E-state index in [9.17, 15) is 46.2 Å². The second-order valence-electron chi connectivity index (χ2n) is 10.3. The first-order valence-electron chi connectivity index (χ1n) is 12.3. The van der Waals surface area contributed by atoms with Gasteiger partial charge in [-0.25, -0.2) is 50.4 Å². The molecule has 3 heterocycles. The van der Waals surface area contributed by atoms with E-state index in [1.165, 1.54) is 38.2 Å². The van der Waals surface area contributed by atoms with Gasteiger partial charge in [-0.05, 0) is 29.7 Å². The number of phenols is 1. The van der Waals surface area contributed by atoms with Crippen molar-refractivity contribution in [2.45, 2.75) is 41.6 Å². The number of hydrogen-bond donors (Lipinski definition) is 1. The number of allylic oxidation sites excluding steroid dienone is 2. The lowest BCUT2D eigenvalue weighted by molar-refractivity contribution is -0.122. The van der Waals surface area contributed by atoms with Crippen LogP contribution in [0.2, 0.25) is 0 Å². The standard InChI is InChI=1S/C26H17Cl2F5N4O5/c1-9-7-10(3-4-13(9)38)14-11-5-6-35-23(41)34(2)24(42)37(35)12(11)8-25(27)21(39)36(22(40)26(14,25)28)20-18(32)16(30)15(29)17(31)19(20)33/h3-5,7,12,14,38H,6,8H2,1-2H3. The van der Waals surface area contributed by atoms with Gasteiger partial charge < -0.3 is 5.11 Å². The Kier molecular flexibility index (Phi) is 5.91. The number of aromatic hydroxyl groups is 1. The highest BCUT2D eigenvalue weighted by atomic mass is 35.5. The summed E-state index contributed by atoms with van der Waals surface area (Å²) in [6.07, 6.45) is 0.801. The number of aromatic nitrogens is 3. The number of nitrogens with zero attached hydrogens (tertiary/aromatic N) is 4. The monoisotopic (exact) mass is 630 g/mol. The fourth-order valence-corrected chi connectivity index (χ4v) is 7.08. The van der Waals surface area contributed by atoms with Gasteiger partial charge in [0.1, 0.15) is 11.4 Å². The molecule has 1 saturated heterocycles. The molecule has 2 aliphatic heterocycles. The van der Waals surface area contributed by atoms with Crippen molar-refractivity contribution in [3.63, 3.8) is 0 Å². The van der Waals surface area contributed by atoms with Crippen LogP contribution in [0.25, 0.3) is 0 Å². The van der Waals surface area contributed by atoms with Gasteiger partial charge in [-0.3, -0.25) is 9.59 Å². The van der Waals surface area contributed by atoms with Crippen LogP contribution < -0.4 is 16.3 Å². The second kappa shape index (κ2) is 8.80. The lowest BCUT2D eigenvalue weighted by atomic mass is 9.64. The van der Waals surface area contributed by atoms with Crippen molar-refractivity contribution in [1.82, 2.24) is 13.9 Å². The molecule has 1 saturated carbocycles. The second-order valence-corrected chi connectivity index (χ2v) is 11.6. The number of carbonyl (C=O) groups excluding carboxylic acids is 2. The molecular weight excluding hydrogens is 614 g/mol. The van der Waals surface area contributed by atoms with Crippen LogP contribution in [0.5, 0.6) is 5.75 Å². The Morgan fingerprint density at radius 1 is 0.905 bits per heavy atom. The fraction of sp³-hybridized carbons (Fsp3) is 0.308. The number of alkyl halides is 2. The minimum Gasteiger partial charge on any atom is -0.508 e. The maximum atomic E-state index is 15.0. The molecule has 9 nitrogen and oxygen atoms in total. The zero-order chi connectivity index (χ0) is 30.8. The van der Waals surface area contributed by atoms with Crippen LogP contribution in [-0.4, -0.2) is 40.6 Å². The van der Waals surface area contributed by atoms with E-state index in [-0.39, 0.29) is 33.9 Å². The predicted molar refractivity (Wildman–Crippen MR) is 137 cm³/mol. The van der Waals surface area contributed by atoms with E-state index in [4.69, 9.17) is 23.2 Å². The largest absolute Gasteiger partial charge is 0.508 e. The first-order valence-corrected chi connectivity index (χ1v) is 13.0. The van der Waals surface area contributed by atoms with Crippen LogP contribution in [0, 0.1) is 36.0 Å². The Balaban J connectivity index is 1.66. The SMILES string of the molecule is Cc1cc(C2C3=CCn4c(=O)n(C)c(=O)n4C3CC3(Cl)C(=O)N(c4c(F)c(F)c(F)c(F)c4F)C(=O)C23Cl)ccc1O.